The third-order valence-electron chi connectivity index (χ3n) is 3.64. The highest BCUT2D eigenvalue weighted by atomic mass is 79.9. The summed E-state index contributed by atoms with van der Waals surface area (Å²) in [6.45, 7) is 1.02. The van der Waals surface area contributed by atoms with E-state index in [9.17, 15) is 0 Å². The SMILES string of the molecule is BrC1CCCCCC1OCC1CCC1. The van der Waals surface area contributed by atoms with Crippen LogP contribution in [0.3, 0.4) is 0 Å². The lowest BCUT2D eigenvalue weighted by atomic mass is 9.86. The highest BCUT2D eigenvalue weighted by Gasteiger charge is 2.24. The van der Waals surface area contributed by atoms with Crippen molar-refractivity contribution in [2.24, 2.45) is 5.92 Å². The molecule has 0 aromatic heterocycles. The number of alkyl halides is 1. The van der Waals surface area contributed by atoms with E-state index in [1.807, 2.05) is 0 Å². The molecule has 0 radical (unpaired) electrons. The lowest BCUT2D eigenvalue weighted by Gasteiger charge is -2.29. The highest BCUT2D eigenvalue weighted by molar-refractivity contribution is 9.09. The fourth-order valence-electron chi connectivity index (χ4n) is 2.34. The molecule has 0 aliphatic heterocycles. The van der Waals surface area contributed by atoms with E-state index in [0.717, 1.165) is 12.5 Å². The Morgan fingerprint density at radius 1 is 0.929 bits per heavy atom. The molecular formula is C12H21BrO. The third-order valence-corrected chi connectivity index (χ3v) is 4.69. The van der Waals surface area contributed by atoms with Gasteiger partial charge in [-0.1, -0.05) is 41.6 Å². The smallest absolute Gasteiger partial charge is 0.0700 e. The molecule has 2 aliphatic rings. The van der Waals surface area contributed by atoms with E-state index in [-0.39, 0.29) is 0 Å². The molecular weight excluding hydrogens is 240 g/mol. The van der Waals surface area contributed by atoms with Crippen molar-refractivity contribution < 1.29 is 4.74 Å². The monoisotopic (exact) mass is 260 g/mol. The Kier molecular flexibility index (Phi) is 4.30. The van der Waals surface area contributed by atoms with Crippen LogP contribution in [-0.2, 0) is 4.74 Å². The zero-order valence-corrected chi connectivity index (χ0v) is 10.5. The molecule has 2 heteroatoms. The van der Waals surface area contributed by atoms with Crippen LogP contribution in [-0.4, -0.2) is 17.5 Å². The summed E-state index contributed by atoms with van der Waals surface area (Å²) < 4.78 is 6.03. The quantitative estimate of drug-likeness (QED) is 0.553. The van der Waals surface area contributed by atoms with Crippen molar-refractivity contribution in [3.63, 3.8) is 0 Å². The maximum absolute atomic E-state index is 6.03. The molecule has 2 fully saturated rings. The van der Waals surface area contributed by atoms with Crippen molar-refractivity contribution in [3.05, 3.63) is 0 Å². The Morgan fingerprint density at radius 3 is 2.43 bits per heavy atom. The first-order chi connectivity index (χ1) is 6.86. The van der Waals surface area contributed by atoms with E-state index in [0.29, 0.717) is 10.9 Å². The topological polar surface area (TPSA) is 9.23 Å². The van der Waals surface area contributed by atoms with Crippen LogP contribution in [0.1, 0.15) is 51.4 Å². The molecule has 82 valence electrons. The standard InChI is InChI=1S/C12H21BrO/c13-11-7-2-1-3-8-12(11)14-9-10-5-4-6-10/h10-12H,1-9H2. The van der Waals surface area contributed by atoms with Crippen molar-refractivity contribution in [2.75, 3.05) is 6.61 Å². The number of hydrogen-bond donors (Lipinski definition) is 0. The molecule has 0 amide bonds. The van der Waals surface area contributed by atoms with Gasteiger partial charge in [-0.3, -0.25) is 0 Å². The van der Waals surface area contributed by atoms with Crippen LogP contribution in [0.4, 0.5) is 0 Å². The zero-order valence-electron chi connectivity index (χ0n) is 8.88. The highest BCUT2D eigenvalue weighted by Crippen LogP contribution is 2.30. The van der Waals surface area contributed by atoms with Crippen molar-refractivity contribution in [1.29, 1.82) is 0 Å². The molecule has 2 rings (SSSR count). The average molecular weight is 261 g/mol. The number of halogens is 1. The minimum Gasteiger partial charge on any atom is -0.377 e. The summed E-state index contributed by atoms with van der Waals surface area (Å²) in [6, 6.07) is 0. The van der Waals surface area contributed by atoms with Crippen LogP contribution in [0.15, 0.2) is 0 Å². The predicted molar refractivity (Wildman–Crippen MR) is 62.9 cm³/mol. The van der Waals surface area contributed by atoms with Gasteiger partial charge in [-0.25, -0.2) is 0 Å². The Bertz CT molecular complexity index is 168. The number of rotatable bonds is 3. The minimum atomic E-state index is 0.498. The van der Waals surface area contributed by atoms with E-state index in [4.69, 9.17) is 4.74 Å². The van der Waals surface area contributed by atoms with Crippen LogP contribution < -0.4 is 0 Å². The molecule has 0 N–H and O–H groups in total. The van der Waals surface area contributed by atoms with Gasteiger partial charge >= 0.3 is 0 Å². The van der Waals surface area contributed by atoms with Gasteiger partial charge in [0, 0.05) is 11.4 Å². The molecule has 2 saturated carbocycles. The van der Waals surface area contributed by atoms with E-state index < -0.39 is 0 Å². The lowest BCUT2D eigenvalue weighted by Crippen LogP contribution is -2.27. The average Bonchev–Trinajstić information content (AvgIpc) is 2.29. The van der Waals surface area contributed by atoms with Gasteiger partial charge < -0.3 is 4.74 Å². The Balaban J connectivity index is 1.70. The summed E-state index contributed by atoms with van der Waals surface area (Å²) in [7, 11) is 0. The molecule has 0 aromatic carbocycles. The largest absolute Gasteiger partial charge is 0.377 e. The summed E-state index contributed by atoms with van der Waals surface area (Å²) in [5.74, 6) is 0.887. The first kappa shape index (κ1) is 10.9. The molecule has 1 nitrogen and oxygen atoms in total. The molecule has 0 heterocycles. The molecule has 0 saturated heterocycles. The fourth-order valence-corrected chi connectivity index (χ4v) is 3.08. The summed E-state index contributed by atoms with van der Waals surface area (Å²) in [5.41, 5.74) is 0. The summed E-state index contributed by atoms with van der Waals surface area (Å²) in [6.07, 6.45) is 11.4. The second-order valence-electron chi connectivity index (χ2n) is 4.82. The molecule has 0 aromatic rings. The second-order valence-corrected chi connectivity index (χ2v) is 6.00. The molecule has 2 unspecified atom stereocenters. The molecule has 2 atom stereocenters. The maximum atomic E-state index is 6.03. The summed E-state index contributed by atoms with van der Waals surface area (Å²) in [5, 5.41) is 0. The van der Waals surface area contributed by atoms with E-state index >= 15 is 0 Å². The second kappa shape index (κ2) is 5.50. The molecule has 2 aliphatic carbocycles. The van der Waals surface area contributed by atoms with Crippen LogP contribution in [0.25, 0.3) is 0 Å². The normalized spacial score (nSPS) is 34.9. The molecule has 14 heavy (non-hydrogen) atoms. The fraction of sp³-hybridized carbons (Fsp3) is 1.00. The van der Waals surface area contributed by atoms with Crippen LogP contribution in [0.5, 0.6) is 0 Å². The summed E-state index contributed by atoms with van der Waals surface area (Å²) >= 11 is 3.77. The van der Waals surface area contributed by atoms with Gasteiger partial charge in [-0.2, -0.15) is 0 Å². The van der Waals surface area contributed by atoms with Gasteiger partial charge in [0.15, 0.2) is 0 Å². The van der Waals surface area contributed by atoms with Crippen LogP contribution in [0, 0.1) is 5.92 Å². The number of ether oxygens (including phenoxy) is 1. The van der Waals surface area contributed by atoms with Gasteiger partial charge in [0.1, 0.15) is 0 Å². The van der Waals surface area contributed by atoms with Gasteiger partial charge in [0.25, 0.3) is 0 Å². The maximum Gasteiger partial charge on any atom is 0.0700 e. The van der Waals surface area contributed by atoms with Gasteiger partial charge in [0.2, 0.25) is 0 Å². The minimum absolute atomic E-state index is 0.498. The first-order valence-electron chi connectivity index (χ1n) is 6.12. The van der Waals surface area contributed by atoms with Crippen LogP contribution in [0.2, 0.25) is 0 Å². The van der Waals surface area contributed by atoms with E-state index in [1.54, 1.807) is 0 Å². The van der Waals surface area contributed by atoms with Gasteiger partial charge in [-0.15, -0.1) is 0 Å². The number of hydrogen-bond acceptors (Lipinski definition) is 1. The van der Waals surface area contributed by atoms with Gasteiger partial charge in [-0.05, 0) is 31.6 Å². The molecule has 0 bridgehead atoms. The molecule has 0 spiro atoms. The van der Waals surface area contributed by atoms with Crippen molar-refractivity contribution >= 4 is 15.9 Å². The Hall–Kier alpha value is 0.440. The van der Waals surface area contributed by atoms with Crippen molar-refractivity contribution in [2.45, 2.75) is 62.3 Å². The van der Waals surface area contributed by atoms with Crippen LogP contribution >= 0.6 is 15.9 Å². The Labute approximate surface area is 95.7 Å². The van der Waals surface area contributed by atoms with Crippen molar-refractivity contribution in [1.82, 2.24) is 0 Å². The van der Waals surface area contributed by atoms with E-state index in [2.05, 4.69) is 15.9 Å². The summed E-state index contributed by atoms with van der Waals surface area (Å²) in [4.78, 5) is 0.616. The first-order valence-corrected chi connectivity index (χ1v) is 7.03. The zero-order chi connectivity index (χ0) is 9.80. The lowest BCUT2D eigenvalue weighted by molar-refractivity contribution is 0.00745. The third kappa shape index (κ3) is 2.96. The van der Waals surface area contributed by atoms with Gasteiger partial charge in [0.05, 0.1) is 6.10 Å². The Morgan fingerprint density at radius 2 is 1.71 bits per heavy atom. The predicted octanol–water partition coefficient (Wildman–Crippen LogP) is 3.90. The van der Waals surface area contributed by atoms with E-state index in [1.165, 1.54) is 51.4 Å². The van der Waals surface area contributed by atoms with Crippen molar-refractivity contribution in [3.8, 4) is 0 Å².